The Balaban J connectivity index is 0.000000277. The van der Waals surface area contributed by atoms with Crippen LogP contribution in [-0.4, -0.2) is 36.4 Å². The Morgan fingerprint density at radius 2 is 2.17 bits per heavy atom. The number of nitriles is 1. The van der Waals surface area contributed by atoms with Crippen LogP contribution in [0.1, 0.15) is 17.0 Å². The molecule has 1 heterocycles. The van der Waals surface area contributed by atoms with E-state index in [2.05, 4.69) is 32.3 Å². The van der Waals surface area contributed by atoms with E-state index < -0.39 is 5.97 Å². The topological polar surface area (TPSA) is 98.2 Å². The summed E-state index contributed by atoms with van der Waals surface area (Å²) < 4.78 is 14.1. The summed E-state index contributed by atoms with van der Waals surface area (Å²) in [5.41, 5.74) is 2.38. The molecule has 0 bridgehead atoms. The van der Waals surface area contributed by atoms with Crippen LogP contribution < -0.4 is 0 Å². The minimum Gasteiger partial charge on any atom is -0.460 e. The first-order chi connectivity index (χ1) is 11.5. The molecule has 2 rings (SSSR count). The Morgan fingerprint density at radius 3 is 2.71 bits per heavy atom. The van der Waals surface area contributed by atoms with E-state index in [9.17, 15) is 4.79 Å². The lowest BCUT2D eigenvalue weighted by Gasteiger charge is -1.98. The van der Waals surface area contributed by atoms with Crippen LogP contribution in [0.2, 0.25) is 0 Å². The molecule has 1 aromatic heterocycles. The largest absolute Gasteiger partial charge is 0.460 e. The third-order valence-electron chi connectivity index (χ3n) is 2.84. The molecule has 0 radical (unpaired) electrons. The molecular weight excluding hydrogens is 310 g/mol. The Kier molecular flexibility index (Phi) is 7.88. The van der Waals surface area contributed by atoms with Crippen molar-refractivity contribution < 1.29 is 18.8 Å². The molecule has 7 nitrogen and oxygen atoms in total. The van der Waals surface area contributed by atoms with Gasteiger partial charge in [0.2, 0.25) is 11.7 Å². The van der Waals surface area contributed by atoms with Gasteiger partial charge in [-0.25, -0.2) is 4.79 Å². The molecule has 126 valence electrons. The average molecular weight is 329 g/mol. The summed E-state index contributed by atoms with van der Waals surface area (Å²) in [5.74, 6) is 0.625. The summed E-state index contributed by atoms with van der Waals surface area (Å²) in [7, 11) is 1.54. The predicted octanol–water partition coefficient (Wildman–Crippen LogP) is 2.59. The Labute approximate surface area is 140 Å². The van der Waals surface area contributed by atoms with Crippen molar-refractivity contribution in [2.75, 3.05) is 20.3 Å². The normalized spacial score (nSPS) is 9.42. The lowest BCUT2D eigenvalue weighted by atomic mass is 10.1. The van der Waals surface area contributed by atoms with E-state index in [-0.39, 0.29) is 0 Å². The second-order valence-corrected chi connectivity index (χ2v) is 4.64. The summed E-state index contributed by atoms with van der Waals surface area (Å²) in [5, 5.41) is 12.7. The molecule has 0 aliphatic heterocycles. The molecule has 0 unspecified atom stereocenters. The van der Waals surface area contributed by atoms with Crippen LogP contribution in [0.3, 0.4) is 0 Å². The average Bonchev–Trinajstić information content (AvgIpc) is 3.02. The van der Waals surface area contributed by atoms with Gasteiger partial charge in [-0.3, -0.25) is 0 Å². The zero-order valence-corrected chi connectivity index (χ0v) is 13.9. The van der Waals surface area contributed by atoms with E-state index in [1.165, 1.54) is 0 Å². The number of aryl methyl sites for hydroxylation is 2. The van der Waals surface area contributed by atoms with Gasteiger partial charge in [-0.15, -0.1) is 0 Å². The molecule has 7 heteroatoms. The number of carbonyl (C=O) groups excluding carboxylic acids is 1. The number of esters is 1. The molecule has 24 heavy (non-hydrogen) atoms. The number of hydrogen-bond acceptors (Lipinski definition) is 7. The van der Waals surface area contributed by atoms with E-state index in [1.54, 1.807) is 20.1 Å². The first kappa shape index (κ1) is 19.1. The Bertz CT molecular complexity index is 732. The van der Waals surface area contributed by atoms with Crippen LogP contribution in [0.4, 0.5) is 0 Å². The maximum Gasteiger partial charge on any atom is 0.330 e. The fourth-order valence-electron chi connectivity index (χ4n) is 1.58. The molecule has 0 N–H and O–H groups in total. The number of carbonyl (C=O) groups is 1. The zero-order chi connectivity index (χ0) is 17.9. The summed E-state index contributed by atoms with van der Waals surface area (Å²) in [4.78, 5) is 14.4. The van der Waals surface area contributed by atoms with E-state index >= 15 is 0 Å². The molecule has 0 atom stereocenters. The van der Waals surface area contributed by atoms with Gasteiger partial charge < -0.3 is 14.0 Å². The molecule has 0 amide bonds. The highest BCUT2D eigenvalue weighted by Gasteiger charge is 2.07. The zero-order valence-electron chi connectivity index (χ0n) is 13.9. The number of methoxy groups -OCH3 is 1. The number of rotatable bonds is 5. The van der Waals surface area contributed by atoms with Gasteiger partial charge in [0.05, 0.1) is 18.2 Å². The van der Waals surface area contributed by atoms with Crippen LogP contribution in [0.25, 0.3) is 11.4 Å². The van der Waals surface area contributed by atoms with E-state index in [1.807, 2.05) is 19.1 Å². The van der Waals surface area contributed by atoms with Gasteiger partial charge in [0.15, 0.2) is 0 Å². The summed E-state index contributed by atoms with van der Waals surface area (Å²) in [6.45, 7) is 7.57. The Hall–Kier alpha value is -2.98. The summed E-state index contributed by atoms with van der Waals surface area (Å²) in [6.07, 6.45) is 1.12. The first-order valence-electron chi connectivity index (χ1n) is 7.11. The molecule has 0 aliphatic carbocycles. The number of ether oxygens (including phenoxy) is 2. The first-order valence-corrected chi connectivity index (χ1v) is 7.11. The third-order valence-corrected chi connectivity index (χ3v) is 2.84. The van der Waals surface area contributed by atoms with Crippen molar-refractivity contribution in [2.45, 2.75) is 13.8 Å². The van der Waals surface area contributed by atoms with Crippen molar-refractivity contribution in [1.29, 1.82) is 5.26 Å². The lowest BCUT2D eigenvalue weighted by molar-refractivity contribution is -0.138. The monoisotopic (exact) mass is 329 g/mol. The number of benzene rings is 1. The molecule has 0 saturated heterocycles. The molecular formula is C17H19N3O4. The second kappa shape index (κ2) is 9.92. The van der Waals surface area contributed by atoms with Gasteiger partial charge in [-0.05, 0) is 18.6 Å². The summed E-state index contributed by atoms with van der Waals surface area (Å²) >= 11 is 0. The van der Waals surface area contributed by atoms with Crippen LogP contribution in [0.5, 0.6) is 0 Å². The number of nitrogens with zero attached hydrogens (tertiary/aromatic N) is 3. The predicted molar refractivity (Wildman–Crippen MR) is 87.0 cm³/mol. The van der Waals surface area contributed by atoms with Crippen LogP contribution in [0, 0.1) is 25.2 Å². The molecule has 0 spiro atoms. The highest BCUT2D eigenvalue weighted by molar-refractivity contribution is 5.81. The lowest BCUT2D eigenvalue weighted by Crippen LogP contribution is -2.06. The van der Waals surface area contributed by atoms with Crippen molar-refractivity contribution in [3.63, 3.8) is 0 Å². The SMILES string of the molecule is C=CC(=O)OCCOC.Cc1nc(-c2ccc(C)c(C#N)c2)no1. The standard InChI is InChI=1S/C11H9N3O.C6H10O3/c1-7-3-4-9(5-10(7)6-12)11-13-8(2)15-14-11;1-3-6(7)9-5-4-8-2/h3-5H,1-2H3;3H,1,4-5H2,2H3. The van der Waals surface area contributed by atoms with Crippen molar-refractivity contribution in [3.05, 3.63) is 47.9 Å². The molecule has 2 aromatic rings. The minimum absolute atomic E-state index is 0.293. The smallest absolute Gasteiger partial charge is 0.330 e. The quantitative estimate of drug-likeness (QED) is 0.472. The minimum atomic E-state index is -0.410. The van der Waals surface area contributed by atoms with E-state index in [0.717, 1.165) is 17.2 Å². The van der Waals surface area contributed by atoms with E-state index in [4.69, 9.17) is 9.78 Å². The van der Waals surface area contributed by atoms with Gasteiger partial charge in [0.1, 0.15) is 6.61 Å². The van der Waals surface area contributed by atoms with Crippen LogP contribution >= 0.6 is 0 Å². The maximum atomic E-state index is 10.3. The highest BCUT2D eigenvalue weighted by atomic mass is 16.6. The fourth-order valence-corrected chi connectivity index (χ4v) is 1.58. The summed E-state index contributed by atoms with van der Waals surface area (Å²) in [6, 6.07) is 7.64. The van der Waals surface area contributed by atoms with Gasteiger partial charge in [0.25, 0.3) is 0 Å². The second-order valence-electron chi connectivity index (χ2n) is 4.64. The Morgan fingerprint density at radius 1 is 1.42 bits per heavy atom. The van der Waals surface area contributed by atoms with Crippen LogP contribution in [0.15, 0.2) is 35.4 Å². The van der Waals surface area contributed by atoms with Gasteiger partial charge in [-0.1, -0.05) is 23.9 Å². The van der Waals surface area contributed by atoms with Crippen molar-refractivity contribution in [3.8, 4) is 17.5 Å². The number of hydrogen-bond donors (Lipinski definition) is 0. The van der Waals surface area contributed by atoms with Gasteiger partial charge in [-0.2, -0.15) is 10.2 Å². The van der Waals surface area contributed by atoms with Crippen molar-refractivity contribution in [1.82, 2.24) is 10.1 Å². The molecule has 0 aliphatic rings. The fraction of sp³-hybridized carbons (Fsp3) is 0.294. The van der Waals surface area contributed by atoms with Crippen LogP contribution in [-0.2, 0) is 14.3 Å². The number of aromatic nitrogens is 2. The molecule has 0 fully saturated rings. The van der Waals surface area contributed by atoms with Crippen molar-refractivity contribution >= 4 is 5.97 Å². The third kappa shape index (κ3) is 6.02. The van der Waals surface area contributed by atoms with Gasteiger partial charge in [0, 0.05) is 25.7 Å². The molecule has 0 saturated carbocycles. The van der Waals surface area contributed by atoms with E-state index in [0.29, 0.717) is 30.5 Å². The maximum absolute atomic E-state index is 10.3. The molecule has 1 aromatic carbocycles. The van der Waals surface area contributed by atoms with Gasteiger partial charge >= 0.3 is 5.97 Å². The highest BCUT2D eigenvalue weighted by Crippen LogP contribution is 2.19. The van der Waals surface area contributed by atoms with Crippen molar-refractivity contribution in [2.24, 2.45) is 0 Å².